The van der Waals surface area contributed by atoms with Crippen molar-refractivity contribution >= 4 is 11.6 Å². The summed E-state index contributed by atoms with van der Waals surface area (Å²) >= 11 is 0. The highest BCUT2D eigenvalue weighted by Gasteiger charge is 2.16. The van der Waals surface area contributed by atoms with E-state index in [9.17, 15) is 9.18 Å². The maximum Gasteiger partial charge on any atom is 0.222 e. The summed E-state index contributed by atoms with van der Waals surface area (Å²) in [5.41, 5.74) is 3.39. The zero-order valence-corrected chi connectivity index (χ0v) is 13.1. The van der Waals surface area contributed by atoms with Crippen LogP contribution in [0.5, 0.6) is 0 Å². The average Bonchev–Trinajstić information content (AvgIpc) is 2.58. The summed E-state index contributed by atoms with van der Waals surface area (Å²) in [5.74, 6) is -0.279. The molecule has 3 rings (SSSR count). The molecule has 0 radical (unpaired) electrons. The molecule has 0 aromatic heterocycles. The van der Waals surface area contributed by atoms with Crippen molar-refractivity contribution < 1.29 is 9.18 Å². The van der Waals surface area contributed by atoms with Gasteiger partial charge in [0, 0.05) is 31.7 Å². The number of amides is 1. The molecule has 0 atom stereocenters. The summed E-state index contributed by atoms with van der Waals surface area (Å²) in [4.78, 5) is 14.3. The van der Waals surface area contributed by atoms with E-state index in [4.69, 9.17) is 0 Å². The SMILES string of the molecule is O=C(CCN1CCCc2ccccc21)NCc1cccc(F)c1. The number of carbonyl (C=O) groups is 1. The number of nitrogens with one attached hydrogen (secondary N) is 1. The Hall–Kier alpha value is -2.36. The van der Waals surface area contributed by atoms with Gasteiger partial charge in [0.2, 0.25) is 5.91 Å². The number of para-hydroxylation sites is 1. The van der Waals surface area contributed by atoms with Gasteiger partial charge in [-0.3, -0.25) is 4.79 Å². The van der Waals surface area contributed by atoms with E-state index in [0.29, 0.717) is 19.5 Å². The Morgan fingerprint density at radius 1 is 1.17 bits per heavy atom. The number of nitrogens with zero attached hydrogens (tertiary/aromatic N) is 1. The maximum atomic E-state index is 13.1. The van der Waals surface area contributed by atoms with E-state index in [1.165, 1.54) is 23.4 Å². The van der Waals surface area contributed by atoms with Crippen LogP contribution >= 0.6 is 0 Å². The molecule has 120 valence electrons. The molecule has 4 heteroatoms. The Kier molecular flexibility index (Phi) is 4.91. The quantitative estimate of drug-likeness (QED) is 0.919. The highest BCUT2D eigenvalue weighted by Crippen LogP contribution is 2.26. The van der Waals surface area contributed by atoms with Crippen molar-refractivity contribution in [3.8, 4) is 0 Å². The van der Waals surface area contributed by atoms with Crippen LogP contribution in [0.3, 0.4) is 0 Å². The van der Waals surface area contributed by atoms with Crippen LogP contribution in [0.25, 0.3) is 0 Å². The normalized spacial score (nSPS) is 13.5. The summed E-state index contributed by atoms with van der Waals surface area (Å²) < 4.78 is 13.1. The van der Waals surface area contributed by atoms with Crippen LogP contribution in [-0.2, 0) is 17.8 Å². The number of aryl methyl sites for hydroxylation is 1. The van der Waals surface area contributed by atoms with E-state index in [1.54, 1.807) is 6.07 Å². The molecule has 0 saturated heterocycles. The number of anilines is 1. The van der Waals surface area contributed by atoms with Crippen LogP contribution in [0.1, 0.15) is 24.0 Å². The molecule has 0 fully saturated rings. The lowest BCUT2D eigenvalue weighted by molar-refractivity contribution is -0.121. The Morgan fingerprint density at radius 3 is 2.91 bits per heavy atom. The lowest BCUT2D eigenvalue weighted by Gasteiger charge is -2.31. The van der Waals surface area contributed by atoms with E-state index in [-0.39, 0.29) is 11.7 Å². The molecule has 1 aliphatic rings. The maximum absolute atomic E-state index is 13.1. The fourth-order valence-electron chi connectivity index (χ4n) is 3.02. The van der Waals surface area contributed by atoms with Crippen LogP contribution in [0, 0.1) is 5.82 Å². The zero-order valence-electron chi connectivity index (χ0n) is 13.1. The number of fused-ring (bicyclic) bond motifs is 1. The standard InChI is InChI=1S/C19H21FN2O/c20-17-8-3-5-15(13-17)14-21-19(23)10-12-22-11-4-7-16-6-1-2-9-18(16)22/h1-3,5-6,8-9,13H,4,7,10-12,14H2,(H,21,23). The van der Waals surface area contributed by atoms with Gasteiger partial charge in [0.25, 0.3) is 0 Å². The van der Waals surface area contributed by atoms with Crippen LogP contribution in [0.4, 0.5) is 10.1 Å². The van der Waals surface area contributed by atoms with E-state index in [1.807, 2.05) is 12.1 Å². The lowest BCUT2D eigenvalue weighted by Crippen LogP contribution is -2.34. The van der Waals surface area contributed by atoms with Gasteiger partial charge in [-0.15, -0.1) is 0 Å². The number of carbonyl (C=O) groups excluding carboxylic acids is 1. The number of hydrogen-bond acceptors (Lipinski definition) is 2. The molecule has 3 nitrogen and oxygen atoms in total. The molecule has 0 bridgehead atoms. The van der Waals surface area contributed by atoms with Gasteiger partial charge in [-0.25, -0.2) is 4.39 Å². The second-order valence-electron chi connectivity index (χ2n) is 5.88. The van der Waals surface area contributed by atoms with Crippen LogP contribution in [0.2, 0.25) is 0 Å². The molecule has 0 spiro atoms. The predicted octanol–water partition coefficient (Wildman–Crippen LogP) is 3.28. The molecule has 1 amide bonds. The van der Waals surface area contributed by atoms with E-state index in [2.05, 4.69) is 28.4 Å². The van der Waals surface area contributed by atoms with E-state index >= 15 is 0 Å². The summed E-state index contributed by atoms with van der Waals surface area (Å²) in [5, 5.41) is 2.86. The van der Waals surface area contributed by atoms with Crippen molar-refractivity contribution in [2.75, 3.05) is 18.0 Å². The van der Waals surface area contributed by atoms with Crippen LogP contribution < -0.4 is 10.2 Å². The van der Waals surface area contributed by atoms with Gasteiger partial charge in [-0.1, -0.05) is 30.3 Å². The number of hydrogen-bond donors (Lipinski definition) is 1. The first-order valence-electron chi connectivity index (χ1n) is 8.06. The van der Waals surface area contributed by atoms with Gasteiger partial charge in [0.15, 0.2) is 0 Å². The third kappa shape index (κ3) is 4.09. The summed E-state index contributed by atoms with van der Waals surface area (Å²) in [6.07, 6.45) is 2.68. The molecular weight excluding hydrogens is 291 g/mol. The fourth-order valence-corrected chi connectivity index (χ4v) is 3.02. The Balaban J connectivity index is 1.50. The molecule has 0 saturated carbocycles. The highest BCUT2D eigenvalue weighted by molar-refractivity contribution is 5.76. The minimum atomic E-state index is -0.276. The molecule has 1 aliphatic heterocycles. The highest BCUT2D eigenvalue weighted by atomic mass is 19.1. The molecular formula is C19H21FN2O. The number of benzene rings is 2. The molecule has 0 unspecified atom stereocenters. The van der Waals surface area contributed by atoms with Crippen molar-refractivity contribution in [2.45, 2.75) is 25.8 Å². The smallest absolute Gasteiger partial charge is 0.222 e. The topological polar surface area (TPSA) is 32.3 Å². The van der Waals surface area contributed by atoms with Crippen molar-refractivity contribution in [2.24, 2.45) is 0 Å². The number of halogens is 1. The van der Waals surface area contributed by atoms with Gasteiger partial charge < -0.3 is 10.2 Å². The Labute approximate surface area is 136 Å². The first-order valence-corrected chi connectivity index (χ1v) is 8.06. The van der Waals surface area contributed by atoms with Gasteiger partial charge in [0.05, 0.1) is 0 Å². The summed E-state index contributed by atoms with van der Waals surface area (Å²) in [6, 6.07) is 14.7. The third-order valence-electron chi connectivity index (χ3n) is 4.19. The lowest BCUT2D eigenvalue weighted by atomic mass is 10.0. The van der Waals surface area contributed by atoms with Crippen LogP contribution in [0.15, 0.2) is 48.5 Å². The molecule has 0 aliphatic carbocycles. The molecule has 1 heterocycles. The van der Waals surface area contributed by atoms with Crippen molar-refractivity contribution in [3.05, 3.63) is 65.5 Å². The molecule has 1 N–H and O–H groups in total. The molecule has 2 aromatic rings. The van der Waals surface area contributed by atoms with Gasteiger partial charge >= 0.3 is 0 Å². The largest absolute Gasteiger partial charge is 0.371 e. The van der Waals surface area contributed by atoms with Crippen molar-refractivity contribution in [3.63, 3.8) is 0 Å². The van der Waals surface area contributed by atoms with Crippen molar-refractivity contribution in [1.29, 1.82) is 0 Å². The van der Waals surface area contributed by atoms with Gasteiger partial charge in [0.1, 0.15) is 5.82 Å². The number of rotatable bonds is 5. The minimum absolute atomic E-state index is 0.00249. The Morgan fingerprint density at radius 2 is 2.04 bits per heavy atom. The molecule has 23 heavy (non-hydrogen) atoms. The predicted molar refractivity (Wildman–Crippen MR) is 89.8 cm³/mol. The zero-order chi connectivity index (χ0) is 16.1. The van der Waals surface area contributed by atoms with E-state index in [0.717, 1.165) is 24.9 Å². The second-order valence-corrected chi connectivity index (χ2v) is 5.88. The Bertz CT molecular complexity index is 687. The fraction of sp³-hybridized carbons (Fsp3) is 0.316. The first-order chi connectivity index (χ1) is 11.2. The monoisotopic (exact) mass is 312 g/mol. The van der Waals surface area contributed by atoms with Crippen LogP contribution in [-0.4, -0.2) is 19.0 Å². The summed E-state index contributed by atoms with van der Waals surface area (Å²) in [7, 11) is 0. The third-order valence-corrected chi connectivity index (χ3v) is 4.19. The first kappa shape index (κ1) is 15.5. The molecule has 2 aromatic carbocycles. The van der Waals surface area contributed by atoms with Gasteiger partial charge in [-0.05, 0) is 42.2 Å². The van der Waals surface area contributed by atoms with E-state index < -0.39 is 0 Å². The van der Waals surface area contributed by atoms with Crippen molar-refractivity contribution in [1.82, 2.24) is 5.32 Å². The minimum Gasteiger partial charge on any atom is -0.371 e. The second kappa shape index (κ2) is 7.27. The van der Waals surface area contributed by atoms with Gasteiger partial charge in [-0.2, -0.15) is 0 Å². The summed E-state index contributed by atoms with van der Waals surface area (Å²) in [6.45, 7) is 2.08. The average molecular weight is 312 g/mol.